The number of ether oxygens (including phenoxy) is 2. The van der Waals surface area contributed by atoms with Gasteiger partial charge in [-0.05, 0) is 62.4 Å². The summed E-state index contributed by atoms with van der Waals surface area (Å²) in [4.78, 5) is 23.7. The molecule has 27 heavy (non-hydrogen) atoms. The molecule has 5 heteroatoms. The average molecular weight is 367 g/mol. The molecule has 0 bridgehead atoms. The molecular formula is C22H25NO4. The molecule has 1 aliphatic carbocycles. The Hall–Kier alpha value is -2.82. The molecule has 5 nitrogen and oxygen atoms in total. The second kappa shape index (κ2) is 8.71. The van der Waals surface area contributed by atoms with Crippen molar-refractivity contribution in [1.29, 1.82) is 0 Å². The molecule has 142 valence electrons. The lowest BCUT2D eigenvalue weighted by atomic mass is 9.87. The molecule has 1 N–H and O–H groups in total. The summed E-state index contributed by atoms with van der Waals surface area (Å²) >= 11 is 0. The molecular weight excluding hydrogens is 342 g/mol. The summed E-state index contributed by atoms with van der Waals surface area (Å²) in [6.07, 6.45) is 3.10. The zero-order valence-electron chi connectivity index (χ0n) is 15.7. The van der Waals surface area contributed by atoms with Crippen molar-refractivity contribution in [2.24, 2.45) is 0 Å². The SMILES string of the molecule is CCOc1cc(C=O)ccc1O[C@@H](C)C(=O)N[C@@H]1CCCc2ccccc21. The third-order valence-corrected chi connectivity index (χ3v) is 4.76. The minimum Gasteiger partial charge on any atom is -0.490 e. The molecule has 0 unspecified atom stereocenters. The maximum Gasteiger partial charge on any atom is 0.261 e. The van der Waals surface area contributed by atoms with E-state index in [1.54, 1.807) is 25.1 Å². The Morgan fingerprint density at radius 1 is 1.26 bits per heavy atom. The summed E-state index contributed by atoms with van der Waals surface area (Å²) in [5.41, 5.74) is 2.99. The quantitative estimate of drug-likeness (QED) is 0.755. The third kappa shape index (κ3) is 4.48. The van der Waals surface area contributed by atoms with Crippen molar-refractivity contribution >= 4 is 12.2 Å². The monoisotopic (exact) mass is 367 g/mol. The lowest BCUT2D eigenvalue weighted by molar-refractivity contribution is -0.128. The van der Waals surface area contributed by atoms with Gasteiger partial charge in [-0.1, -0.05) is 24.3 Å². The lowest BCUT2D eigenvalue weighted by Crippen LogP contribution is -2.39. The normalized spacial score (nSPS) is 16.7. The first-order valence-corrected chi connectivity index (χ1v) is 9.39. The van der Waals surface area contributed by atoms with Gasteiger partial charge < -0.3 is 14.8 Å². The molecule has 0 radical (unpaired) electrons. The van der Waals surface area contributed by atoms with Crippen LogP contribution in [-0.4, -0.2) is 24.9 Å². The van der Waals surface area contributed by atoms with Crippen LogP contribution in [-0.2, 0) is 11.2 Å². The summed E-state index contributed by atoms with van der Waals surface area (Å²) in [5.74, 6) is 0.748. The summed E-state index contributed by atoms with van der Waals surface area (Å²) < 4.78 is 11.4. The van der Waals surface area contributed by atoms with Crippen LogP contribution in [0.1, 0.15) is 54.2 Å². The number of nitrogens with one attached hydrogen (secondary N) is 1. The first-order valence-electron chi connectivity index (χ1n) is 9.39. The Labute approximate surface area is 159 Å². The van der Waals surface area contributed by atoms with Crippen molar-refractivity contribution < 1.29 is 19.1 Å². The van der Waals surface area contributed by atoms with Crippen molar-refractivity contribution in [3.05, 3.63) is 59.2 Å². The highest BCUT2D eigenvalue weighted by Gasteiger charge is 2.25. The molecule has 2 aromatic carbocycles. The van der Waals surface area contributed by atoms with Crippen LogP contribution < -0.4 is 14.8 Å². The molecule has 0 saturated carbocycles. The van der Waals surface area contributed by atoms with Crippen LogP contribution in [0.3, 0.4) is 0 Å². The Morgan fingerprint density at radius 3 is 2.85 bits per heavy atom. The van der Waals surface area contributed by atoms with Gasteiger partial charge in [0.05, 0.1) is 12.6 Å². The van der Waals surface area contributed by atoms with E-state index in [4.69, 9.17) is 9.47 Å². The van der Waals surface area contributed by atoms with E-state index in [0.717, 1.165) is 25.5 Å². The number of hydrogen-bond donors (Lipinski definition) is 1. The highest BCUT2D eigenvalue weighted by molar-refractivity contribution is 5.81. The predicted molar refractivity (Wildman–Crippen MR) is 103 cm³/mol. The fourth-order valence-corrected chi connectivity index (χ4v) is 3.40. The predicted octanol–water partition coefficient (Wildman–Crippen LogP) is 3.86. The van der Waals surface area contributed by atoms with Crippen LogP contribution in [0.2, 0.25) is 0 Å². The highest BCUT2D eigenvalue weighted by Crippen LogP contribution is 2.31. The smallest absolute Gasteiger partial charge is 0.261 e. The minimum absolute atomic E-state index is 0.0114. The van der Waals surface area contributed by atoms with E-state index >= 15 is 0 Å². The van der Waals surface area contributed by atoms with Gasteiger partial charge in [-0.3, -0.25) is 9.59 Å². The first kappa shape index (κ1) is 19.0. The summed E-state index contributed by atoms with van der Waals surface area (Å²) in [6, 6.07) is 13.2. The lowest BCUT2D eigenvalue weighted by Gasteiger charge is -2.27. The van der Waals surface area contributed by atoms with E-state index in [2.05, 4.69) is 17.4 Å². The Bertz CT molecular complexity index is 818. The number of carbonyl (C=O) groups is 2. The van der Waals surface area contributed by atoms with Gasteiger partial charge in [-0.25, -0.2) is 0 Å². The molecule has 1 aliphatic rings. The third-order valence-electron chi connectivity index (χ3n) is 4.76. The number of hydrogen-bond acceptors (Lipinski definition) is 4. The number of aryl methyl sites for hydroxylation is 1. The molecule has 0 spiro atoms. The molecule has 0 saturated heterocycles. The van der Waals surface area contributed by atoms with Crippen LogP contribution in [0.15, 0.2) is 42.5 Å². The summed E-state index contributed by atoms with van der Waals surface area (Å²) in [5, 5.41) is 3.11. The number of amides is 1. The topological polar surface area (TPSA) is 64.6 Å². The zero-order valence-corrected chi connectivity index (χ0v) is 15.7. The number of rotatable bonds is 7. The van der Waals surface area contributed by atoms with Gasteiger partial charge in [-0.2, -0.15) is 0 Å². The molecule has 1 amide bonds. The van der Waals surface area contributed by atoms with E-state index in [-0.39, 0.29) is 11.9 Å². The second-order valence-electron chi connectivity index (χ2n) is 6.67. The van der Waals surface area contributed by atoms with E-state index in [1.165, 1.54) is 11.1 Å². The molecule has 0 aliphatic heterocycles. The van der Waals surface area contributed by atoms with Crippen LogP contribution >= 0.6 is 0 Å². The Balaban J connectivity index is 1.69. The average Bonchev–Trinajstić information content (AvgIpc) is 2.69. The van der Waals surface area contributed by atoms with Crippen molar-refractivity contribution in [2.45, 2.75) is 45.3 Å². The molecule has 0 heterocycles. The van der Waals surface area contributed by atoms with Crippen molar-refractivity contribution in [1.82, 2.24) is 5.32 Å². The van der Waals surface area contributed by atoms with Gasteiger partial charge in [0.25, 0.3) is 5.91 Å². The minimum atomic E-state index is -0.680. The maximum atomic E-state index is 12.7. The fourth-order valence-electron chi connectivity index (χ4n) is 3.40. The van der Waals surface area contributed by atoms with Crippen LogP contribution in [0, 0.1) is 0 Å². The van der Waals surface area contributed by atoms with Crippen molar-refractivity contribution in [3.63, 3.8) is 0 Å². The number of fused-ring (bicyclic) bond motifs is 1. The van der Waals surface area contributed by atoms with Gasteiger partial charge >= 0.3 is 0 Å². The van der Waals surface area contributed by atoms with Gasteiger partial charge in [-0.15, -0.1) is 0 Å². The Kier molecular flexibility index (Phi) is 6.12. The molecule has 3 rings (SSSR count). The summed E-state index contributed by atoms with van der Waals surface area (Å²) in [6.45, 7) is 4.01. The fraction of sp³-hybridized carbons (Fsp3) is 0.364. The van der Waals surface area contributed by atoms with Crippen molar-refractivity contribution in [2.75, 3.05) is 6.61 Å². The molecule has 0 fully saturated rings. The van der Waals surface area contributed by atoms with E-state index in [1.807, 2.05) is 19.1 Å². The molecule has 0 aromatic heterocycles. The first-order chi connectivity index (χ1) is 13.1. The van der Waals surface area contributed by atoms with Crippen molar-refractivity contribution in [3.8, 4) is 11.5 Å². The standard InChI is InChI=1S/C22H25NO4/c1-3-26-21-13-16(14-24)11-12-20(21)27-15(2)22(25)23-19-10-6-8-17-7-4-5-9-18(17)19/h4-5,7,9,11-15,19H,3,6,8,10H2,1-2H3,(H,23,25)/t15-,19+/m0/s1. The van der Waals surface area contributed by atoms with Gasteiger partial charge in [0.15, 0.2) is 17.6 Å². The second-order valence-corrected chi connectivity index (χ2v) is 6.67. The van der Waals surface area contributed by atoms with E-state index in [9.17, 15) is 9.59 Å². The summed E-state index contributed by atoms with van der Waals surface area (Å²) in [7, 11) is 0. The van der Waals surface area contributed by atoms with E-state index in [0.29, 0.717) is 23.7 Å². The number of benzene rings is 2. The maximum absolute atomic E-state index is 12.7. The highest BCUT2D eigenvalue weighted by atomic mass is 16.5. The van der Waals surface area contributed by atoms with Gasteiger partial charge in [0.2, 0.25) is 0 Å². The zero-order chi connectivity index (χ0) is 19.2. The van der Waals surface area contributed by atoms with Crippen LogP contribution in [0.4, 0.5) is 0 Å². The Morgan fingerprint density at radius 2 is 2.07 bits per heavy atom. The molecule has 2 aromatic rings. The largest absolute Gasteiger partial charge is 0.490 e. The van der Waals surface area contributed by atoms with E-state index < -0.39 is 6.10 Å². The number of carbonyl (C=O) groups excluding carboxylic acids is 2. The van der Waals surface area contributed by atoms with Gasteiger partial charge in [0.1, 0.15) is 6.29 Å². The molecule has 2 atom stereocenters. The van der Waals surface area contributed by atoms with Crippen LogP contribution in [0.5, 0.6) is 11.5 Å². The van der Waals surface area contributed by atoms with Gasteiger partial charge in [0, 0.05) is 5.56 Å². The number of aldehydes is 1. The van der Waals surface area contributed by atoms with Crippen LogP contribution in [0.25, 0.3) is 0 Å².